The zero-order valence-corrected chi connectivity index (χ0v) is 31.9. The molecule has 0 radical (unpaired) electrons. The molecule has 0 saturated carbocycles. The average molecular weight is 671 g/mol. The maximum Gasteiger partial charge on any atom is 0.171 e. The number of ketones is 2. The molecule has 0 saturated heterocycles. The van der Waals surface area contributed by atoms with Crippen LogP contribution in [-0.2, 0) is 21.7 Å². The number of benzene rings is 4. The largest absolute Gasteiger partial charge is 0.507 e. The number of phenolic OH excluding ortho intramolecular Hbond substituents is 2. The van der Waals surface area contributed by atoms with E-state index in [2.05, 4.69) is 95.2 Å². The molecule has 0 fully saturated rings. The van der Waals surface area contributed by atoms with Crippen molar-refractivity contribution in [3.05, 3.63) is 128 Å². The predicted molar refractivity (Wildman–Crippen MR) is 204 cm³/mol. The van der Waals surface area contributed by atoms with Gasteiger partial charge in [0.2, 0.25) is 0 Å². The van der Waals surface area contributed by atoms with Gasteiger partial charge in [0.15, 0.2) is 11.6 Å². The minimum atomic E-state index is -0.567. The topological polar surface area (TPSA) is 74.6 Å². The van der Waals surface area contributed by atoms with E-state index in [0.29, 0.717) is 11.1 Å². The van der Waals surface area contributed by atoms with Crippen molar-refractivity contribution in [3.63, 3.8) is 0 Å². The van der Waals surface area contributed by atoms with Gasteiger partial charge in [-0.1, -0.05) is 156 Å². The van der Waals surface area contributed by atoms with Crippen molar-refractivity contribution in [1.29, 1.82) is 0 Å². The van der Waals surface area contributed by atoms with Gasteiger partial charge in [0.25, 0.3) is 0 Å². The molecule has 4 atom stereocenters. The Morgan fingerprint density at radius 1 is 0.440 bits per heavy atom. The lowest BCUT2D eigenvalue weighted by Crippen LogP contribution is -2.25. The third kappa shape index (κ3) is 5.79. The van der Waals surface area contributed by atoms with E-state index >= 15 is 0 Å². The van der Waals surface area contributed by atoms with Gasteiger partial charge in [-0.05, 0) is 66.2 Å². The summed E-state index contributed by atoms with van der Waals surface area (Å²) in [6, 6.07) is 24.0. The quantitative estimate of drug-likeness (QED) is 0.227. The van der Waals surface area contributed by atoms with E-state index in [4.69, 9.17) is 0 Å². The fraction of sp³-hybridized carbons (Fsp3) is 0.435. The van der Waals surface area contributed by atoms with Crippen LogP contribution >= 0.6 is 0 Å². The summed E-state index contributed by atoms with van der Waals surface area (Å²) in [5.74, 6) is -1.17. The molecule has 4 unspecified atom stereocenters. The molecule has 4 aromatic carbocycles. The molecule has 2 aliphatic carbocycles. The molecule has 4 nitrogen and oxygen atoms in total. The fourth-order valence-corrected chi connectivity index (χ4v) is 8.52. The van der Waals surface area contributed by atoms with Gasteiger partial charge in [0, 0.05) is 23.0 Å². The summed E-state index contributed by atoms with van der Waals surface area (Å²) in [7, 11) is 0. The van der Waals surface area contributed by atoms with Gasteiger partial charge in [0.1, 0.15) is 11.5 Å². The van der Waals surface area contributed by atoms with Gasteiger partial charge in [0.05, 0.1) is 11.8 Å². The van der Waals surface area contributed by atoms with E-state index in [1.165, 1.54) is 0 Å². The van der Waals surface area contributed by atoms with Crippen molar-refractivity contribution in [2.75, 3.05) is 0 Å². The molecule has 0 aromatic heterocycles. The van der Waals surface area contributed by atoms with Gasteiger partial charge < -0.3 is 10.2 Å². The highest BCUT2D eigenvalue weighted by atomic mass is 16.3. The van der Waals surface area contributed by atoms with Crippen LogP contribution in [0.4, 0.5) is 0 Å². The Morgan fingerprint density at radius 3 is 0.960 bits per heavy atom. The summed E-state index contributed by atoms with van der Waals surface area (Å²) >= 11 is 0. The van der Waals surface area contributed by atoms with Crippen LogP contribution in [0.5, 0.6) is 11.5 Å². The Bertz CT molecular complexity index is 1800. The van der Waals surface area contributed by atoms with Crippen molar-refractivity contribution < 1.29 is 19.8 Å². The van der Waals surface area contributed by atoms with Gasteiger partial charge in [-0.3, -0.25) is 9.59 Å². The zero-order chi connectivity index (χ0) is 36.9. The lowest BCUT2D eigenvalue weighted by Gasteiger charge is -2.34. The number of phenols is 2. The monoisotopic (exact) mass is 670 g/mol. The Labute approximate surface area is 299 Å². The highest BCUT2D eigenvalue weighted by molar-refractivity contribution is 6.09. The van der Waals surface area contributed by atoms with E-state index < -0.39 is 11.8 Å². The Hall–Kier alpha value is -4.18. The van der Waals surface area contributed by atoms with E-state index in [9.17, 15) is 19.8 Å². The van der Waals surface area contributed by atoms with E-state index in [1.54, 1.807) is 0 Å². The first-order valence-electron chi connectivity index (χ1n) is 18.1. The normalized spacial score (nSPS) is 21.0. The Kier molecular flexibility index (Phi) is 8.33. The predicted octanol–water partition coefficient (Wildman–Crippen LogP) is 11.1. The van der Waals surface area contributed by atoms with Crippen molar-refractivity contribution in [3.8, 4) is 11.5 Å². The molecule has 2 N–H and O–H groups in total. The van der Waals surface area contributed by atoms with Crippen LogP contribution in [0.15, 0.2) is 72.8 Å². The summed E-state index contributed by atoms with van der Waals surface area (Å²) in [6.07, 6.45) is 0. The molecule has 0 amide bonds. The van der Waals surface area contributed by atoms with Gasteiger partial charge in [-0.2, -0.15) is 0 Å². The lowest BCUT2D eigenvalue weighted by molar-refractivity contribution is 0.0929. The van der Waals surface area contributed by atoms with Gasteiger partial charge in [-0.25, -0.2) is 0 Å². The molecule has 262 valence electrons. The maximum atomic E-state index is 14.8. The van der Waals surface area contributed by atoms with Gasteiger partial charge >= 0.3 is 0 Å². The van der Waals surface area contributed by atoms with Crippen molar-refractivity contribution in [1.82, 2.24) is 0 Å². The molecule has 0 bridgehead atoms. The molecular weight excluding hydrogens is 617 g/mol. The molecule has 4 aromatic rings. The number of fused-ring (bicyclic) bond motifs is 2. The molecule has 4 heteroatoms. The highest BCUT2D eigenvalue weighted by Crippen LogP contribution is 2.60. The van der Waals surface area contributed by atoms with Crippen LogP contribution in [-0.4, -0.2) is 21.8 Å². The number of carbonyl (C=O) groups excluding carboxylic acids is 2. The number of hydrogen-bond donors (Lipinski definition) is 2. The summed E-state index contributed by atoms with van der Waals surface area (Å²) in [5, 5.41) is 23.3. The standard InChI is InChI=1S/C46H54O4/c1-43(2,3)31-21-25(22-32(41(31)49)44(4,5)6)35-37(27-17-13-15-19-29(27)39(35)47)38-28-18-14-16-20-30(28)40(48)36(38)26-23-33(45(7,8)9)42(50)34(24-26)46(10,11)12/h13-24,35-38,49-50H,1-12H3. The van der Waals surface area contributed by atoms with Crippen LogP contribution < -0.4 is 0 Å². The van der Waals surface area contributed by atoms with Crippen molar-refractivity contribution >= 4 is 11.6 Å². The molecule has 50 heavy (non-hydrogen) atoms. The van der Waals surface area contributed by atoms with Crippen molar-refractivity contribution in [2.45, 2.75) is 128 Å². The van der Waals surface area contributed by atoms with Crippen LogP contribution in [0.1, 0.15) is 172 Å². The molecule has 2 aliphatic rings. The fourth-order valence-electron chi connectivity index (χ4n) is 8.52. The van der Waals surface area contributed by atoms with Crippen LogP contribution in [0.3, 0.4) is 0 Å². The Balaban J connectivity index is 1.68. The number of rotatable bonds is 3. The van der Waals surface area contributed by atoms with E-state index in [0.717, 1.165) is 44.5 Å². The number of hydrogen-bond acceptors (Lipinski definition) is 4. The number of carbonyl (C=O) groups is 2. The second-order valence-corrected chi connectivity index (χ2v) is 18.8. The summed E-state index contributed by atoms with van der Waals surface area (Å²) < 4.78 is 0. The molecule has 0 spiro atoms. The number of aromatic hydroxyl groups is 2. The second kappa shape index (κ2) is 11.7. The smallest absolute Gasteiger partial charge is 0.171 e. The summed E-state index contributed by atoms with van der Waals surface area (Å²) in [4.78, 5) is 29.7. The molecule has 0 heterocycles. The first-order chi connectivity index (χ1) is 23.0. The second-order valence-electron chi connectivity index (χ2n) is 18.8. The Morgan fingerprint density at radius 2 is 0.700 bits per heavy atom. The SMILES string of the molecule is CC(C)(C)c1cc(C2C(=O)c3ccccc3C2C2c3ccccc3C(=O)C2c2cc(C(C)(C)C)c(O)c(C(C)(C)C)c2)cc(C(C)(C)C)c1O. The minimum Gasteiger partial charge on any atom is -0.507 e. The highest BCUT2D eigenvalue weighted by Gasteiger charge is 2.53. The zero-order valence-electron chi connectivity index (χ0n) is 31.9. The molecule has 0 aliphatic heterocycles. The minimum absolute atomic E-state index is 0.0445. The average Bonchev–Trinajstić information content (AvgIpc) is 3.45. The first kappa shape index (κ1) is 35.6. The van der Waals surface area contributed by atoms with Gasteiger partial charge in [-0.15, -0.1) is 0 Å². The summed E-state index contributed by atoms with van der Waals surface area (Å²) in [5.41, 5.74) is 6.78. The van der Waals surface area contributed by atoms with Crippen LogP contribution in [0.25, 0.3) is 0 Å². The molecular formula is C46H54O4. The lowest BCUT2D eigenvalue weighted by atomic mass is 9.68. The summed E-state index contributed by atoms with van der Waals surface area (Å²) in [6.45, 7) is 25.1. The number of Topliss-reactive ketones (excluding diaryl/α,β-unsaturated/α-hetero) is 2. The molecule has 6 rings (SSSR count). The van der Waals surface area contributed by atoms with E-state index in [1.807, 2.05) is 60.7 Å². The van der Waals surface area contributed by atoms with Crippen LogP contribution in [0, 0.1) is 0 Å². The third-order valence-electron chi connectivity index (χ3n) is 11.1. The first-order valence-corrected chi connectivity index (χ1v) is 18.1. The van der Waals surface area contributed by atoms with E-state index in [-0.39, 0.29) is 56.6 Å². The third-order valence-corrected chi connectivity index (χ3v) is 11.1. The van der Waals surface area contributed by atoms with Crippen LogP contribution in [0.2, 0.25) is 0 Å². The van der Waals surface area contributed by atoms with Crippen molar-refractivity contribution in [2.24, 2.45) is 0 Å². The maximum absolute atomic E-state index is 14.8.